The topological polar surface area (TPSA) is 26.0 Å². The summed E-state index contributed by atoms with van der Waals surface area (Å²) < 4.78 is 15.1. The molecule has 0 spiro atoms. The third-order valence-corrected chi connectivity index (χ3v) is 4.38. The molecule has 2 aliphatic rings. The monoisotopic (exact) mass is 233 g/mol. The second-order valence-electron chi connectivity index (χ2n) is 5.73. The van der Waals surface area contributed by atoms with Crippen molar-refractivity contribution in [2.75, 3.05) is 0 Å². The summed E-state index contributed by atoms with van der Waals surface area (Å²) in [6.07, 6.45) is 6.51. The van der Waals surface area contributed by atoms with Crippen molar-refractivity contribution in [3.63, 3.8) is 0 Å². The number of halogens is 1. The molecule has 2 aliphatic carbocycles. The maximum absolute atomic E-state index is 15.1. The van der Waals surface area contributed by atoms with Gasteiger partial charge in [0.15, 0.2) is 0 Å². The van der Waals surface area contributed by atoms with E-state index < -0.39 is 5.67 Å². The van der Waals surface area contributed by atoms with Crippen LogP contribution >= 0.6 is 0 Å². The van der Waals surface area contributed by atoms with E-state index in [1.165, 1.54) is 6.42 Å². The second-order valence-corrected chi connectivity index (χ2v) is 5.73. The fraction of sp³-hybridized carbons (Fsp3) is 0.600. The summed E-state index contributed by atoms with van der Waals surface area (Å²) in [5.41, 5.74) is 6.85. The Bertz CT molecular complexity index is 417. The molecule has 2 heteroatoms. The molecule has 0 amide bonds. The lowest BCUT2D eigenvalue weighted by Crippen LogP contribution is -2.29. The van der Waals surface area contributed by atoms with Gasteiger partial charge in [-0.2, -0.15) is 0 Å². The van der Waals surface area contributed by atoms with Crippen molar-refractivity contribution in [2.45, 2.75) is 56.2 Å². The van der Waals surface area contributed by atoms with E-state index in [4.69, 9.17) is 5.73 Å². The van der Waals surface area contributed by atoms with Gasteiger partial charge in [0.2, 0.25) is 0 Å². The molecule has 0 atom stereocenters. The average molecular weight is 233 g/mol. The van der Waals surface area contributed by atoms with Gasteiger partial charge >= 0.3 is 0 Å². The Morgan fingerprint density at radius 2 is 1.47 bits per heavy atom. The molecule has 92 valence electrons. The fourth-order valence-corrected chi connectivity index (χ4v) is 3.09. The lowest BCUT2D eigenvalue weighted by Gasteiger charge is -2.32. The van der Waals surface area contributed by atoms with Gasteiger partial charge < -0.3 is 5.73 Å². The normalized spacial score (nSPS) is 25.5. The van der Waals surface area contributed by atoms with Crippen molar-refractivity contribution in [1.29, 1.82) is 0 Å². The standard InChI is InChI=1S/C15H20FN/c16-14(8-4-1-5-9-14)12-6-2-3-7-13(12)15(17)10-11-15/h2-3,6-7H,1,4-5,8-11,17H2. The number of hydrogen-bond acceptors (Lipinski definition) is 1. The summed E-state index contributed by atoms with van der Waals surface area (Å²) in [5, 5.41) is 0. The van der Waals surface area contributed by atoms with Crippen LogP contribution in [0.5, 0.6) is 0 Å². The number of rotatable bonds is 2. The maximum atomic E-state index is 15.1. The van der Waals surface area contributed by atoms with E-state index >= 15 is 4.39 Å². The summed E-state index contributed by atoms with van der Waals surface area (Å²) in [6.45, 7) is 0. The van der Waals surface area contributed by atoms with E-state index in [-0.39, 0.29) is 5.54 Å². The van der Waals surface area contributed by atoms with E-state index in [0.717, 1.165) is 36.8 Å². The van der Waals surface area contributed by atoms with Crippen LogP contribution in [0.2, 0.25) is 0 Å². The molecule has 0 unspecified atom stereocenters. The summed E-state index contributed by atoms with van der Waals surface area (Å²) in [5.74, 6) is 0. The van der Waals surface area contributed by atoms with Gasteiger partial charge in [0.05, 0.1) is 0 Å². The Kier molecular flexibility index (Phi) is 2.51. The third-order valence-electron chi connectivity index (χ3n) is 4.38. The zero-order chi connectivity index (χ0) is 11.9. The van der Waals surface area contributed by atoms with Crippen LogP contribution < -0.4 is 5.73 Å². The van der Waals surface area contributed by atoms with Crippen LogP contribution in [0, 0.1) is 0 Å². The molecular formula is C15H20FN. The van der Waals surface area contributed by atoms with Crippen LogP contribution in [0.3, 0.4) is 0 Å². The lowest BCUT2D eigenvalue weighted by atomic mass is 9.78. The number of benzene rings is 1. The zero-order valence-corrected chi connectivity index (χ0v) is 10.2. The average Bonchev–Trinajstić information content (AvgIpc) is 3.10. The van der Waals surface area contributed by atoms with E-state index in [1.54, 1.807) is 0 Å². The first kappa shape index (κ1) is 11.2. The Hall–Kier alpha value is -0.890. The first-order valence-corrected chi connectivity index (χ1v) is 6.72. The van der Waals surface area contributed by atoms with Gasteiger partial charge in [0.25, 0.3) is 0 Å². The van der Waals surface area contributed by atoms with Gasteiger partial charge in [-0.05, 0) is 49.7 Å². The summed E-state index contributed by atoms with van der Waals surface area (Å²) >= 11 is 0. The van der Waals surface area contributed by atoms with Gasteiger partial charge in [-0.25, -0.2) is 4.39 Å². The van der Waals surface area contributed by atoms with Crippen molar-refractivity contribution in [1.82, 2.24) is 0 Å². The molecule has 2 fully saturated rings. The molecule has 0 aliphatic heterocycles. The second kappa shape index (κ2) is 3.81. The highest BCUT2D eigenvalue weighted by atomic mass is 19.1. The van der Waals surface area contributed by atoms with Crippen LogP contribution in [-0.2, 0) is 11.2 Å². The summed E-state index contributed by atoms with van der Waals surface area (Å²) in [7, 11) is 0. The Labute approximate surface area is 102 Å². The molecule has 0 saturated heterocycles. The van der Waals surface area contributed by atoms with Crippen LogP contribution in [0.15, 0.2) is 24.3 Å². The van der Waals surface area contributed by atoms with Crippen LogP contribution in [0.1, 0.15) is 56.1 Å². The zero-order valence-electron chi connectivity index (χ0n) is 10.2. The highest BCUT2D eigenvalue weighted by Gasteiger charge is 2.45. The number of alkyl halides is 1. The van der Waals surface area contributed by atoms with E-state index in [0.29, 0.717) is 12.8 Å². The van der Waals surface area contributed by atoms with Crippen LogP contribution in [0.25, 0.3) is 0 Å². The first-order chi connectivity index (χ1) is 8.14. The highest BCUT2D eigenvalue weighted by Crippen LogP contribution is 2.50. The molecule has 0 heterocycles. The molecule has 0 aromatic heterocycles. The molecule has 0 radical (unpaired) electrons. The van der Waals surface area contributed by atoms with Crippen molar-refractivity contribution in [2.24, 2.45) is 5.73 Å². The lowest BCUT2D eigenvalue weighted by molar-refractivity contribution is 0.104. The van der Waals surface area contributed by atoms with Crippen molar-refractivity contribution < 1.29 is 4.39 Å². The van der Waals surface area contributed by atoms with Gasteiger partial charge in [-0.3, -0.25) is 0 Å². The predicted molar refractivity (Wildman–Crippen MR) is 67.4 cm³/mol. The fourth-order valence-electron chi connectivity index (χ4n) is 3.09. The molecule has 17 heavy (non-hydrogen) atoms. The molecule has 3 rings (SSSR count). The Morgan fingerprint density at radius 3 is 2.06 bits per heavy atom. The molecule has 1 nitrogen and oxygen atoms in total. The molecule has 1 aromatic carbocycles. The number of hydrogen-bond donors (Lipinski definition) is 1. The van der Waals surface area contributed by atoms with Gasteiger partial charge in [-0.1, -0.05) is 30.7 Å². The largest absolute Gasteiger partial charge is 0.321 e. The predicted octanol–water partition coefficient (Wildman–Crippen LogP) is 3.76. The molecule has 2 N–H and O–H groups in total. The van der Waals surface area contributed by atoms with Gasteiger partial charge in [0, 0.05) is 5.54 Å². The highest BCUT2D eigenvalue weighted by molar-refractivity contribution is 5.41. The third kappa shape index (κ3) is 1.89. The molecular weight excluding hydrogens is 213 g/mol. The van der Waals surface area contributed by atoms with Gasteiger partial charge in [-0.15, -0.1) is 0 Å². The quantitative estimate of drug-likeness (QED) is 0.827. The van der Waals surface area contributed by atoms with Gasteiger partial charge in [0.1, 0.15) is 5.67 Å². The summed E-state index contributed by atoms with van der Waals surface area (Å²) in [6, 6.07) is 7.91. The SMILES string of the molecule is NC1(c2ccccc2C2(F)CCCCC2)CC1. The summed E-state index contributed by atoms with van der Waals surface area (Å²) in [4.78, 5) is 0. The van der Waals surface area contributed by atoms with Crippen LogP contribution in [-0.4, -0.2) is 0 Å². The minimum atomic E-state index is -1.12. The van der Waals surface area contributed by atoms with Crippen molar-refractivity contribution >= 4 is 0 Å². The first-order valence-electron chi connectivity index (χ1n) is 6.72. The molecule has 1 aromatic rings. The van der Waals surface area contributed by atoms with Crippen LogP contribution in [0.4, 0.5) is 4.39 Å². The van der Waals surface area contributed by atoms with Crippen molar-refractivity contribution in [3.05, 3.63) is 35.4 Å². The van der Waals surface area contributed by atoms with Crippen molar-refractivity contribution in [3.8, 4) is 0 Å². The number of nitrogens with two attached hydrogens (primary N) is 1. The smallest absolute Gasteiger partial charge is 0.136 e. The maximum Gasteiger partial charge on any atom is 0.136 e. The molecule has 0 bridgehead atoms. The van der Waals surface area contributed by atoms with E-state index in [2.05, 4.69) is 0 Å². The van der Waals surface area contributed by atoms with E-state index in [1.807, 2.05) is 24.3 Å². The minimum absolute atomic E-state index is 0.229. The van der Waals surface area contributed by atoms with E-state index in [9.17, 15) is 0 Å². The minimum Gasteiger partial charge on any atom is -0.321 e. The Balaban J connectivity index is 2.01. The molecule has 2 saturated carbocycles. The Morgan fingerprint density at radius 1 is 0.882 bits per heavy atom.